The van der Waals surface area contributed by atoms with Gasteiger partial charge < -0.3 is 10.1 Å². The Kier molecular flexibility index (Phi) is 4.57. The predicted octanol–water partition coefficient (Wildman–Crippen LogP) is 2.82. The number of amides is 1. The van der Waals surface area contributed by atoms with Gasteiger partial charge in [0.25, 0.3) is 0 Å². The van der Waals surface area contributed by atoms with Gasteiger partial charge >= 0.3 is 6.09 Å². The minimum atomic E-state index is -0.439. The standard InChI is InChI=1S/C18H27N3O2/c1-18(2,3)23-17(22)20-16-5-4-14-11-21(12-15(14)16)10-13-6-8-19-9-7-13/h6-9,14-16H,4-5,10-12H2,1-3H3,(H,20,22)/t14-,15-,16-/m1/s1. The summed E-state index contributed by atoms with van der Waals surface area (Å²) in [6.45, 7) is 8.84. The van der Waals surface area contributed by atoms with Crippen LogP contribution in [0, 0.1) is 11.8 Å². The average Bonchev–Trinajstić information content (AvgIpc) is 3.00. The number of hydrogen-bond acceptors (Lipinski definition) is 4. The van der Waals surface area contributed by atoms with Crippen molar-refractivity contribution in [1.29, 1.82) is 0 Å². The number of nitrogens with zero attached hydrogens (tertiary/aromatic N) is 2. The summed E-state index contributed by atoms with van der Waals surface area (Å²) in [5.41, 5.74) is 0.863. The molecule has 5 heteroatoms. The number of pyridine rings is 1. The highest BCUT2D eigenvalue weighted by Crippen LogP contribution is 2.38. The van der Waals surface area contributed by atoms with E-state index in [0.717, 1.165) is 26.1 Å². The highest BCUT2D eigenvalue weighted by molar-refractivity contribution is 5.68. The molecule has 0 aromatic carbocycles. The summed E-state index contributed by atoms with van der Waals surface area (Å²) in [4.78, 5) is 18.6. The van der Waals surface area contributed by atoms with Crippen LogP contribution in [0.25, 0.3) is 0 Å². The fraction of sp³-hybridized carbons (Fsp3) is 0.667. The number of likely N-dealkylation sites (tertiary alicyclic amines) is 1. The summed E-state index contributed by atoms with van der Waals surface area (Å²) in [7, 11) is 0. The zero-order valence-electron chi connectivity index (χ0n) is 14.3. The maximum Gasteiger partial charge on any atom is 0.407 e. The highest BCUT2D eigenvalue weighted by atomic mass is 16.6. The maximum atomic E-state index is 12.0. The van der Waals surface area contributed by atoms with Gasteiger partial charge in [-0.05, 0) is 63.1 Å². The molecule has 2 fully saturated rings. The van der Waals surface area contributed by atoms with Crippen molar-refractivity contribution in [3.63, 3.8) is 0 Å². The van der Waals surface area contributed by atoms with Crippen LogP contribution in [-0.4, -0.2) is 40.7 Å². The van der Waals surface area contributed by atoms with Crippen molar-refractivity contribution in [3.05, 3.63) is 30.1 Å². The lowest BCUT2D eigenvalue weighted by molar-refractivity contribution is 0.0491. The quantitative estimate of drug-likeness (QED) is 0.931. The average molecular weight is 317 g/mol. The van der Waals surface area contributed by atoms with E-state index in [1.54, 1.807) is 0 Å². The van der Waals surface area contributed by atoms with Gasteiger partial charge in [-0.1, -0.05) is 0 Å². The molecule has 126 valence electrons. The van der Waals surface area contributed by atoms with Crippen LogP contribution in [0.15, 0.2) is 24.5 Å². The minimum absolute atomic E-state index is 0.247. The first-order valence-electron chi connectivity index (χ1n) is 8.51. The molecule has 1 N–H and O–H groups in total. The van der Waals surface area contributed by atoms with Crippen molar-refractivity contribution >= 4 is 6.09 Å². The molecule has 23 heavy (non-hydrogen) atoms. The number of aromatic nitrogens is 1. The van der Waals surface area contributed by atoms with Gasteiger partial charge in [0.15, 0.2) is 0 Å². The molecule has 5 nitrogen and oxygen atoms in total. The second-order valence-electron chi connectivity index (χ2n) is 7.80. The van der Waals surface area contributed by atoms with Gasteiger partial charge in [0.05, 0.1) is 0 Å². The number of nitrogens with one attached hydrogen (secondary N) is 1. The van der Waals surface area contributed by atoms with Gasteiger partial charge in [-0.15, -0.1) is 0 Å². The van der Waals surface area contributed by atoms with Crippen molar-refractivity contribution in [3.8, 4) is 0 Å². The van der Waals surface area contributed by atoms with E-state index in [-0.39, 0.29) is 12.1 Å². The van der Waals surface area contributed by atoms with E-state index < -0.39 is 5.60 Å². The van der Waals surface area contributed by atoms with E-state index in [0.29, 0.717) is 11.8 Å². The fourth-order valence-electron chi connectivity index (χ4n) is 3.87. The van der Waals surface area contributed by atoms with Gasteiger partial charge in [-0.2, -0.15) is 0 Å². The monoisotopic (exact) mass is 317 g/mol. The van der Waals surface area contributed by atoms with E-state index in [9.17, 15) is 4.79 Å². The second kappa shape index (κ2) is 6.48. The number of alkyl carbamates (subject to hydrolysis) is 1. The maximum absolute atomic E-state index is 12.0. The molecule has 1 amide bonds. The summed E-state index contributed by atoms with van der Waals surface area (Å²) >= 11 is 0. The van der Waals surface area contributed by atoms with Gasteiger partial charge in [0.1, 0.15) is 5.60 Å². The lowest BCUT2D eigenvalue weighted by Gasteiger charge is -2.25. The van der Waals surface area contributed by atoms with E-state index >= 15 is 0 Å². The third-order valence-electron chi connectivity index (χ3n) is 4.79. The molecule has 0 radical (unpaired) electrons. The van der Waals surface area contributed by atoms with Gasteiger partial charge in [-0.25, -0.2) is 4.79 Å². The molecule has 3 rings (SSSR count). The third-order valence-corrected chi connectivity index (χ3v) is 4.79. The molecule has 2 aliphatic rings. The van der Waals surface area contributed by atoms with Crippen LogP contribution < -0.4 is 5.32 Å². The van der Waals surface area contributed by atoms with Crippen molar-refractivity contribution in [2.24, 2.45) is 11.8 Å². The number of carbonyl (C=O) groups is 1. The molecule has 1 saturated carbocycles. The Morgan fingerprint density at radius 1 is 1.30 bits per heavy atom. The predicted molar refractivity (Wildman–Crippen MR) is 88.9 cm³/mol. The molecule has 0 bridgehead atoms. The molecule has 2 heterocycles. The van der Waals surface area contributed by atoms with E-state index in [2.05, 4.69) is 27.3 Å². The summed E-state index contributed by atoms with van der Waals surface area (Å²) < 4.78 is 5.40. The molecule has 1 aromatic rings. The number of fused-ring (bicyclic) bond motifs is 1. The number of ether oxygens (including phenoxy) is 1. The van der Waals surface area contributed by atoms with Crippen molar-refractivity contribution in [2.45, 2.75) is 51.8 Å². The van der Waals surface area contributed by atoms with Crippen LogP contribution in [0.1, 0.15) is 39.2 Å². The van der Waals surface area contributed by atoms with Gasteiger partial charge in [0.2, 0.25) is 0 Å². The smallest absolute Gasteiger partial charge is 0.407 e. The summed E-state index contributed by atoms with van der Waals surface area (Å²) in [6.07, 6.45) is 5.67. The van der Waals surface area contributed by atoms with Crippen LogP contribution in [0.4, 0.5) is 4.79 Å². The first-order valence-corrected chi connectivity index (χ1v) is 8.51. The van der Waals surface area contributed by atoms with Crippen molar-refractivity contribution in [1.82, 2.24) is 15.2 Å². The molecule has 1 saturated heterocycles. The molecule has 0 unspecified atom stereocenters. The topological polar surface area (TPSA) is 54.5 Å². The Morgan fingerprint density at radius 3 is 2.74 bits per heavy atom. The Morgan fingerprint density at radius 2 is 2.04 bits per heavy atom. The Hall–Kier alpha value is -1.62. The van der Waals surface area contributed by atoms with Gasteiger partial charge in [-0.3, -0.25) is 9.88 Å². The zero-order valence-corrected chi connectivity index (χ0v) is 14.3. The Balaban J connectivity index is 1.53. The van der Waals surface area contributed by atoms with E-state index in [1.165, 1.54) is 12.0 Å². The summed E-state index contributed by atoms with van der Waals surface area (Å²) in [6, 6.07) is 4.40. The van der Waals surface area contributed by atoms with Crippen LogP contribution in [-0.2, 0) is 11.3 Å². The number of carbonyl (C=O) groups excluding carboxylic acids is 1. The fourth-order valence-corrected chi connectivity index (χ4v) is 3.87. The van der Waals surface area contributed by atoms with Crippen LogP contribution >= 0.6 is 0 Å². The molecule has 1 aliphatic heterocycles. The zero-order chi connectivity index (χ0) is 16.4. The normalized spacial score (nSPS) is 27.7. The molecular formula is C18H27N3O2. The summed E-state index contributed by atoms with van der Waals surface area (Å²) in [5.74, 6) is 1.24. The SMILES string of the molecule is CC(C)(C)OC(=O)N[C@@H]1CC[C@@H]2CN(Cc3ccncc3)C[C@H]21. The molecule has 3 atom stereocenters. The molecular weight excluding hydrogens is 290 g/mol. The van der Waals surface area contributed by atoms with E-state index in [4.69, 9.17) is 4.74 Å². The van der Waals surface area contributed by atoms with E-state index in [1.807, 2.05) is 33.2 Å². The largest absolute Gasteiger partial charge is 0.444 e. The molecule has 1 aromatic heterocycles. The second-order valence-corrected chi connectivity index (χ2v) is 7.80. The lowest BCUT2D eigenvalue weighted by Crippen LogP contribution is -2.42. The molecule has 0 spiro atoms. The summed E-state index contributed by atoms with van der Waals surface area (Å²) in [5, 5.41) is 3.09. The van der Waals surface area contributed by atoms with Crippen LogP contribution in [0.5, 0.6) is 0 Å². The Bertz CT molecular complexity index is 541. The lowest BCUT2D eigenvalue weighted by atomic mass is 9.98. The number of rotatable bonds is 3. The van der Waals surface area contributed by atoms with Crippen molar-refractivity contribution in [2.75, 3.05) is 13.1 Å². The first kappa shape index (κ1) is 16.2. The highest BCUT2D eigenvalue weighted by Gasteiger charge is 2.43. The molecule has 1 aliphatic carbocycles. The van der Waals surface area contributed by atoms with Crippen LogP contribution in [0.3, 0.4) is 0 Å². The first-order chi connectivity index (χ1) is 10.9. The third kappa shape index (κ3) is 4.22. The minimum Gasteiger partial charge on any atom is -0.444 e. The van der Waals surface area contributed by atoms with Crippen LogP contribution in [0.2, 0.25) is 0 Å². The van der Waals surface area contributed by atoms with Gasteiger partial charge in [0, 0.05) is 38.1 Å². The Labute approximate surface area is 138 Å². The number of hydrogen-bond donors (Lipinski definition) is 1. The van der Waals surface area contributed by atoms with Crippen molar-refractivity contribution < 1.29 is 9.53 Å².